The fourth-order valence-corrected chi connectivity index (χ4v) is 4.06. The summed E-state index contributed by atoms with van der Waals surface area (Å²) in [5.41, 5.74) is 2.39. The zero-order valence-corrected chi connectivity index (χ0v) is 21.9. The van der Waals surface area contributed by atoms with Crippen molar-refractivity contribution in [1.82, 2.24) is 0 Å². The third-order valence-corrected chi connectivity index (χ3v) is 6.31. The van der Waals surface area contributed by atoms with Crippen LogP contribution in [0.5, 0.6) is 5.75 Å². The second kappa shape index (κ2) is 15.3. The highest BCUT2D eigenvalue weighted by molar-refractivity contribution is 5.94. The summed E-state index contributed by atoms with van der Waals surface area (Å²) in [4.78, 5) is 35.2. The number of carbonyl (C=O) groups excluding carboxylic acids is 2. The smallest absolute Gasteiger partial charge is 0.343 e. The van der Waals surface area contributed by atoms with Gasteiger partial charge in [0.2, 0.25) is 0 Å². The Morgan fingerprint density at radius 3 is 1.66 bits per heavy atom. The number of hydrogen-bond donors (Lipinski definition) is 0. The Kier molecular flexibility index (Phi) is 11.5. The van der Waals surface area contributed by atoms with Crippen LogP contribution < -0.4 is 4.74 Å². The molecular weight excluding hydrogens is 482 g/mol. The van der Waals surface area contributed by atoms with E-state index >= 15 is 0 Å². The van der Waals surface area contributed by atoms with Gasteiger partial charge in [0.1, 0.15) is 5.75 Å². The molecule has 3 aromatic carbocycles. The molecule has 38 heavy (non-hydrogen) atoms. The van der Waals surface area contributed by atoms with Crippen LogP contribution in [0.25, 0.3) is 11.1 Å². The lowest BCUT2D eigenvalue weighted by molar-refractivity contribution is -0.384. The normalized spacial score (nSPS) is 10.7. The van der Waals surface area contributed by atoms with E-state index in [-0.39, 0.29) is 5.69 Å². The summed E-state index contributed by atoms with van der Waals surface area (Å²) in [5.74, 6) is -0.570. The highest BCUT2D eigenvalue weighted by atomic mass is 16.6. The number of esters is 2. The van der Waals surface area contributed by atoms with Crippen LogP contribution in [0.1, 0.15) is 85.4 Å². The molecule has 0 heterocycles. The molecule has 0 aromatic heterocycles. The molecule has 7 nitrogen and oxygen atoms in total. The first kappa shape index (κ1) is 28.6. The van der Waals surface area contributed by atoms with Crippen molar-refractivity contribution in [1.29, 1.82) is 0 Å². The van der Waals surface area contributed by atoms with Crippen LogP contribution in [-0.4, -0.2) is 23.5 Å². The first-order chi connectivity index (χ1) is 18.5. The van der Waals surface area contributed by atoms with Gasteiger partial charge in [0.05, 0.1) is 22.7 Å². The van der Waals surface area contributed by atoms with E-state index in [1.54, 1.807) is 60.7 Å². The van der Waals surface area contributed by atoms with E-state index in [0.29, 0.717) is 23.5 Å². The zero-order valence-electron chi connectivity index (χ0n) is 21.9. The Morgan fingerprint density at radius 2 is 1.13 bits per heavy atom. The van der Waals surface area contributed by atoms with E-state index < -0.39 is 16.9 Å². The maximum atomic E-state index is 12.5. The fourth-order valence-electron chi connectivity index (χ4n) is 4.06. The van der Waals surface area contributed by atoms with Crippen molar-refractivity contribution in [2.45, 2.75) is 64.7 Å². The molecule has 0 atom stereocenters. The van der Waals surface area contributed by atoms with E-state index in [4.69, 9.17) is 9.47 Å². The molecule has 200 valence electrons. The van der Waals surface area contributed by atoms with Crippen molar-refractivity contribution in [3.05, 3.63) is 94.0 Å². The molecule has 7 heteroatoms. The fraction of sp³-hybridized carbons (Fsp3) is 0.355. The second-order valence-electron chi connectivity index (χ2n) is 9.26. The van der Waals surface area contributed by atoms with E-state index in [2.05, 4.69) is 6.92 Å². The van der Waals surface area contributed by atoms with Crippen LogP contribution >= 0.6 is 0 Å². The van der Waals surface area contributed by atoms with Gasteiger partial charge < -0.3 is 9.47 Å². The minimum Gasteiger partial charge on any atom is -0.462 e. The molecule has 0 aliphatic rings. The van der Waals surface area contributed by atoms with Crippen LogP contribution in [0.4, 0.5) is 5.69 Å². The molecule has 0 amide bonds. The van der Waals surface area contributed by atoms with Crippen molar-refractivity contribution in [3.8, 4) is 16.9 Å². The van der Waals surface area contributed by atoms with Gasteiger partial charge in [0.15, 0.2) is 0 Å². The number of ether oxygens (including phenoxy) is 2. The molecule has 0 saturated heterocycles. The average molecular weight is 518 g/mol. The maximum Gasteiger partial charge on any atom is 0.343 e. The van der Waals surface area contributed by atoms with Crippen molar-refractivity contribution in [3.63, 3.8) is 0 Å². The lowest BCUT2D eigenvalue weighted by Crippen LogP contribution is -2.10. The molecular formula is C31H35NO6. The first-order valence-electron chi connectivity index (χ1n) is 13.3. The number of rotatable bonds is 15. The monoisotopic (exact) mass is 517 g/mol. The Hall–Kier alpha value is -4.00. The summed E-state index contributed by atoms with van der Waals surface area (Å²) in [6.45, 7) is 2.62. The minimum atomic E-state index is -0.539. The molecule has 0 saturated carbocycles. The van der Waals surface area contributed by atoms with Crippen LogP contribution in [0, 0.1) is 10.1 Å². The van der Waals surface area contributed by atoms with Crippen molar-refractivity contribution in [2.24, 2.45) is 0 Å². The predicted molar refractivity (Wildman–Crippen MR) is 147 cm³/mol. The van der Waals surface area contributed by atoms with Crippen LogP contribution in [-0.2, 0) is 4.74 Å². The number of hydrogen-bond acceptors (Lipinski definition) is 6. The van der Waals surface area contributed by atoms with E-state index in [9.17, 15) is 19.7 Å². The van der Waals surface area contributed by atoms with Gasteiger partial charge in [-0.3, -0.25) is 10.1 Å². The Bertz CT molecular complexity index is 1170. The summed E-state index contributed by atoms with van der Waals surface area (Å²) in [6, 6.07) is 19.3. The number of carbonyl (C=O) groups is 2. The van der Waals surface area contributed by atoms with E-state index in [1.165, 1.54) is 57.1 Å². The van der Waals surface area contributed by atoms with Gasteiger partial charge in [0.25, 0.3) is 5.69 Å². The topological polar surface area (TPSA) is 95.7 Å². The van der Waals surface area contributed by atoms with Gasteiger partial charge in [-0.1, -0.05) is 70.4 Å². The Morgan fingerprint density at radius 1 is 0.658 bits per heavy atom. The lowest BCUT2D eigenvalue weighted by Gasteiger charge is -2.08. The average Bonchev–Trinajstić information content (AvgIpc) is 2.94. The summed E-state index contributed by atoms with van der Waals surface area (Å²) in [5, 5.41) is 10.8. The SMILES string of the molecule is CCCCCCCCCCCOC(=O)c1ccc(C(=O)Oc2ccc(-c3ccc([N+](=O)[O-])cc3)cc2)cc1. The molecule has 0 aliphatic heterocycles. The summed E-state index contributed by atoms with van der Waals surface area (Å²) < 4.78 is 10.8. The molecule has 0 aliphatic carbocycles. The molecule has 0 N–H and O–H groups in total. The van der Waals surface area contributed by atoms with Crippen molar-refractivity contribution in [2.75, 3.05) is 6.61 Å². The van der Waals surface area contributed by atoms with E-state index in [1.807, 2.05) is 0 Å². The van der Waals surface area contributed by atoms with Crippen molar-refractivity contribution >= 4 is 17.6 Å². The van der Waals surface area contributed by atoms with Crippen molar-refractivity contribution < 1.29 is 24.0 Å². The molecule has 3 rings (SSSR count). The van der Waals surface area contributed by atoms with Gasteiger partial charge in [-0.2, -0.15) is 0 Å². The number of benzene rings is 3. The highest BCUT2D eigenvalue weighted by Gasteiger charge is 2.12. The first-order valence-corrected chi connectivity index (χ1v) is 13.3. The van der Waals surface area contributed by atoms with Gasteiger partial charge >= 0.3 is 11.9 Å². The molecule has 0 fully saturated rings. The van der Waals surface area contributed by atoms with E-state index in [0.717, 1.165) is 24.0 Å². The third kappa shape index (κ3) is 9.14. The van der Waals surface area contributed by atoms with Gasteiger partial charge in [-0.25, -0.2) is 9.59 Å². The summed E-state index contributed by atoms with van der Waals surface area (Å²) in [7, 11) is 0. The number of nitro benzene ring substituents is 1. The van der Waals surface area contributed by atoms with Gasteiger partial charge in [0, 0.05) is 12.1 Å². The Labute approximate surface area is 223 Å². The molecule has 3 aromatic rings. The number of nitrogens with zero attached hydrogens (tertiary/aromatic N) is 1. The molecule has 0 bridgehead atoms. The molecule has 0 spiro atoms. The van der Waals surface area contributed by atoms with Crippen LogP contribution in [0.2, 0.25) is 0 Å². The summed E-state index contributed by atoms with van der Waals surface area (Å²) in [6.07, 6.45) is 10.8. The lowest BCUT2D eigenvalue weighted by atomic mass is 10.1. The number of non-ortho nitro benzene ring substituents is 1. The van der Waals surface area contributed by atoms with Crippen LogP contribution in [0.15, 0.2) is 72.8 Å². The molecule has 0 radical (unpaired) electrons. The standard InChI is InChI=1S/C31H35NO6/c1-2-3-4-5-6-7-8-9-10-23-37-30(33)26-11-13-27(14-12-26)31(34)38-29-21-17-25(18-22-29)24-15-19-28(20-16-24)32(35)36/h11-22H,2-10,23H2,1H3. The number of unbranched alkanes of at least 4 members (excludes halogenated alkanes) is 8. The van der Waals surface area contributed by atoms with Crippen LogP contribution in [0.3, 0.4) is 0 Å². The zero-order chi connectivity index (χ0) is 27.2. The minimum absolute atomic E-state index is 0.0254. The second-order valence-corrected chi connectivity index (χ2v) is 9.26. The largest absolute Gasteiger partial charge is 0.462 e. The van der Waals surface area contributed by atoms with Gasteiger partial charge in [-0.05, 0) is 66.1 Å². The molecule has 0 unspecified atom stereocenters. The Balaban J connectivity index is 1.40. The maximum absolute atomic E-state index is 12.5. The highest BCUT2D eigenvalue weighted by Crippen LogP contribution is 2.25. The quantitative estimate of drug-likeness (QED) is 0.0663. The number of nitro groups is 1. The third-order valence-electron chi connectivity index (χ3n) is 6.31. The predicted octanol–water partition coefficient (Wildman–Crippen LogP) is 8.17. The summed E-state index contributed by atoms with van der Waals surface area (Å²) >= 11 is 0. The van der Waals surface area contributed by atoms with Gasteiger partial charge in [-0.15, -0.1) is 0 Å².